The molecule has 31 heavy (non-hydrogen) atoms. The van der Waals surface area contributed by atoms with Crippen LogP contribution in [-0.4, -0.2) is 54.8 Å². The molecule has 0 aliphatic carbocycles. The molecular weight excluding hydrogens is 400 g/mol. The minimum atomic E-state index is -0.846. The van der Waals surface area contributed by atoms with E-state index < -0.39 is 11.9 Å². The number of rotatable bonds is 13. The Balaban J connectivity index is 3.12. The first kappa shape index (κ1) is 25.6. The van der Waals surface area contributed by atoms with E-state index in [9.17, 15) is 14.9 Å². The summed E-state index contributed by atoms with van der Waals surface area (Å²) in [6.07, 6.45) is 4.42. The van der Waals surface area contributed by atoms with Crippen LogP contribution in [0.2, 0.25) is 0 Å². The van der Waals surface area contributed by atoms with Crippen LogP contribution >= 0.6 is 0 Å². The van der Waals surface area contributed by atoms with Gasteiger partial charge >= 0.3 is 11.9 Å². The highest BCUT2D eigenvalue weighted by Crippen LogP contribution is 2.25. The molecule has 0 bridgehead atoms. The number of esters is 2. The van der Waals surface area contributed by atoms with E-state index in [-0.39, 0.29) is 18.8 Å². The number of carbonyl (C=O) groups is 2. The van der Waals surface area contributed by atoms with Crippen LogP contribution in [0.1, 0.15) is 44.9 Å². The number of nitriles is 1. The molecule has 0 saturated carbocycles. The van der Waals surface area contributed by atoms with Gasteiger partial charge in [-0.25, -0.2) is 14.6 Å². The molecular formula is C22H30N4O5. The summed E-state index contributed by atoms with van der Waals surface area (Å²) in [5.41, 5.74) is 0.765. The number of aryl methyl sites for hydroxylation is 1. The fourth-order valence-electron chi connectivity index (χ4n) is 2.54. The normalized spacial score (nSPS) is 10.7. The maximum atomic E-state index is 12.2. The molecule has 1 aromatic rings. The lowest BCUT2D eigenvalue weighted by Crippen LogP contribution is -2.26. The molecule has 9 heteroatoms. The van der Waals surface area contributed by atoms with Gasteiger partial charge < -0.3 is 19.1 Å². The summed E-state index contributed by atoms with van der Waals surface area (Å²) >= 11 is 0. The zero-order valence-electron chi connectivity index (χ0n) is 18.6. The zero-order valence-corrected chi connectivity index (χ0v) is 18.6. The monoisotopic (exact) mass is 430 g/mol. The molecule has 9 nitrogen and oxygen atoms in total. The van der Waals surface area contributed by atoms with Crippen molar-refractivity contribution in [1.29, 1.82) is 5.26 Å². The Kier molecular flexibility index (Phi) is 11.4. The maximum Gasteiger partial charge on any atom is 0.349 e. The second-order valence-corrected chi connectivity index (χ2v) is 6.37. The molecule has 168 valence electrons. The lowest BCUT2D eigenvalue weighted by molar-refractivity contribution is -0.146. The number of unbranched alkanes of at least 4 members (excludes halogenated alkanes) is 1. The van der Waals surface area contributed by atoms with Gasteiger partial charge in [0.15, 0.2) is 0 Å². The number of carbonyl (C=O) groups excluding carboxylic acids is 2. The molecule has 1 aromatic heterocycles. The highest BCUT2D eigenvalue weighted by atomic mass is 16.6. The van der Waals surface area contributed by atoms with Crippen molar-refractivity contribution in [3.05, 3.63) is 29.5 Å². The summed E-state index contributed by atoms with van der Waals surface area (Å²) in [6, 6.07) is 1.83. The fraction of sp³-hybridized carbons (Fsp3) is 0.500. The molecule has 0 fully saturated rings. The van der Waals surface area contributed by atoms with Gasteiger partial charge in [-0.05, 0) is 33.3 Å². The summed E-state index contributed by atoms with van der Waals surface area (Å²) < 4.78 is 15.4. The Morgan fingerprint density at radius 3 is 2.48 bits per heavy atom. The zero-order chi connectivity index (χ0) is 23.2. The van der Waals surface area contributed by atoms with Crippen molar-refractivity contribution in [2.45, 2.75) is 40.5 Å². The van der Waals surface area contributed by atoms with Gasteiger partial charge in [-0.15, -0.1) is 0 Å². The minimum Gasteiger partial charge on any atom is -0.477 e. The second kappa shape index (κ2) is 13.7. The molecule has 1 heterocycles. The summed E-state index contributed by atoms with van der Waals surface area (Å²) in [5, 5.41) is 9.42. The third-order valence-corrected chi connectivity index (χ3v) is 4.17. The topological polar surface area (TPSA) is 115 Å². The van der Waals surface area contributed by atoms with E-state index in [1.165, 1.54) is 6.08 Å². The molecule has 0 spiro atoms. The van der Waals surface area contributed by atoms with Crippen LogP contribution < -0.4 is 9.64 Å². The summed E-state index contributed by atoms with van der Waals surface area (Å²) in [5.74, 6) is -0.637. The average Bonchev–Trinajstić information content (AvgIpc) is 2.76. The van der Waals surface area contributed by atoms with Gasteiger partial charge in [-0.1, -0.05) is 19.9 Å². The van der Waals surface area contributed by atoms with Gasteiger partial charge in [0, 0.05) is 19.2 Å². The molecule has 0 aliphatic heterocycles. The van der Waals surface area contributed by atoms with E-state index in [1.807, 2.05) is 19.9 Å². The Morgan fingerprint density at radius 1 is 1.19 bits per heavy atom. The first-order chi connectivity index (χ1) is 14.9. The Bertz CT molecular complexity index is 845. The lowest BCUT2D eigenvalue weighted by atomic mass is 10.1. The number of anilines is 1. The number of hydrogen-bond acceptors (Lipinski definition) is 9. The second-order valence-electron chi connectivity index (χ2n) is 6.37. The number of hydrogen-bond donors (Lipinski definition) is 0. The van der Waals surface area contributed by atoms with Gasteiger partial charge in [0.25, 0.3) is 0 Å². The Labute approximate surface area is 183 Å². The molecule has 0 aliphatic rings. The van der Waals surface area contributed by atoms with Gasteiger partial charge in [0.2, 0.25) is 11.8 Å². The maximum absolute atomic E-state index is 12.2. The summed E-state index contributed by atoms with van der Waals surface area (Å²) in [4.78, 5) is 34.4. The average molecular weight is 431 g/mol. The molecule has 1 rings (SSSR count). The van der Waals surface area contributed by atoms with E-state index in [1.54, 1.807) is 6.92 Å². The first-order valence-electron chi connectivity index (χ1n) is 10.3. The van der Waals surface area contributed by atoms with Crippen molar-refractivity contribution in [2.24, 2.45) is 0 Å². The molecule has 0 aromatic carbocycles. The molecule has 0 atom stereocenters. The van der Waals surface area contributed by atoms with Crippen LogP contribution in [0.3, 0.4) is 0 Å². The minimum absolute atomic E-state index is 0.138. The van der Waals surface area contributed by atoms with Crippen LogP contribution in [0.4, 0.5) is 5.95 Å². The van der Waals surface area contributed by atoms with Gasteiger partial charge in [-0.3, -0.25) is 0 Å². The summed E-state index contributed by atoms with van der Waals surface area (Å²) in [6.45, 7) is 12.6. The van der Waals surface area contributed by atoms with Gasteiger partial charge in [-0.2, -0.15) is 10.2 Å². The molecule has 0 radical (unpaired) electrons. The van der Waals surface area contributed by atoms with E-state index >= 15 is 0 Å². The van der Waals surface area contributed by atoms with Crippen LogP contribution in [0.25, 0.3) is 6.08 Å². The van der Waals surface area contributed by atoms with Crippen molar-refractivity contribution in [1.82, 2.24) is 9.97 Å². The predicted molar refractivity (Wildman–Crippen MR) is 116 cm³/mol. The van der Waals surface area contributed by atoms with Crippen molar-refractivity contribution in [3.63, 3.8) is 0 Å². The highest BCUT2D eigenvalue weighted by Gasteiger charge is 2.18. The molecule has 0 saturated heterocycles. The number of aromatic nitrogens is 2. The Hall–Kier alpha value is -3.41. The number of nitrogens with zero attached hydrogens (tertiary/aromatic N) is 4. The lowest BCUT2D eigenvalue weighted by Gasteiger charge is -2.22. The third kappa shape index (κ3) is 8.09. The smallest absolute Gasteiger partial charge is 0.349 e. The van der Waals surface area contributed by atoms with Crippen molar-refractivity contribution >= 4 is 24.0 Å². The van der Waals surface area contributed by atoms with Crippen LogP contribution in [0.15, 0.2) is 18.2 Å². The molecule has 0 unspecified atom stereocenters. The van der Waals surface area contributed by atoms with E-state index in [4.69, 9.17) is 14.2 Å². The van der Waals surface area contributed by atoms with Crippen LogP contribution in [0, 0.1) is 18.3 Å². The van der Waals surface area contributed by atoms with Crippen molar-refractivity contribution < 1.29 is 23.8 Å². The van der Waals surface area contributed by atoms with Gasteiger partial charge in [0.05, 0.1) is 17.9 Å². The quantitative estimate of drug-likeness (QED) is 0.201. The van der Waals surface area contributed by atoms with E-state index in [2.05, 4.69) is 28.4 Å². The third-order valence-electron chi connectivity index (χ3n) is 4.17. The van der Waals surface area contributed by atoms with E-state index in [0.717, 1.165) is 32.0 Å². The van der Waals surface area contributed by atoms with Crippen LogP contribution in [0.5, 0.6) is 5.88 Å². The summed E-state index contributed by atoms with van der Waals surface area (Å²) in [7, 11) is 0. The van der Waals surface area contributed by atoms with E-state index in [0.29, 0.717) is 29.7 Å². The van der Waals surface area contributed by atoms with Crippen molar-refractivity contribution in [2.75, 3.05) is 37.8 Å². The first-order valence-corrected chi connectivity index (χ1v) is 10.3. The van der Waals surface area contributed by atoms with Crippen molar-refractivity contribution in [3.8, 4) is 11.9 Å². The highest BCUT2D eigenvalue weighted by molar-refractivity contribution is 5.98. The molecule has 0 N–H and O–H groups in total. The SMILES string of the molecule is C=CC(=O)OCCOC(=O)/C(C#N)=C/c1c(C)nc(N(CC)CCCC)nc1OCC. The Morgan fingerprint density at radius 2 is 1.90 bits per heavy atom. The predicted octanol–water partition coefficient (Wildman–Crippen LogP) is 2.99. The molecule has 0 amide bonds. The van der Waals surface area contributed by atoms with Crippen LogP contribution in [-0.2, 0) is 19.1 Å². The standard InChI is InChI=1S/C22H30N4O5/c1-6-10-11-26(8-3)22-24-16(5)18(20(25-22)29-9-4)14-17(15-23)21(28)31-13-12-30-19(27)7-2/h7,14H,2,6,8-13H2,1,3-5H3/b17-14+. The number of ether oxygens (including phenoxy) is 3. The largest absolute Gasteiger partial charge is 0.477 e. The fourth-order valence-corrected chi connectivity index (χ4v) is 2.54. The van der Waals surface area contributed by atoms with Gasteiger partial charge in [0.1, 0.15) is 24.9 Å².